The Kier molecular flexibility index (Phi) is 4.89. The summed E-state index contributed by atoms with van der Waals surface area (Å²) in [6.45, 7) is 0. The molecule has 2 heterocycles. The van der Waals surface area contributed by atoms with E-state index in [1.54, 1.807) is 0 Å². The molecule has 2 saturated carbocycles. The molecule has 160 valence electrons. The summed E-state index contributed by atoms with van der Waals surface area (Å²) in [5.74, 6) is 2.40. The lowest BCUT2D eigenvalue weighted by Crippen LogP contribution is -2.41. The second kappa shape index (κ2) is 7.89. The van der Waals surface area contributed by atoms with Gasteiger partial charge in [-0.05, 0) is 85.1 Å². The van der Waals surface area contributed by atoms with Crippen LogP contribution in [-0.4, -0.2) is 5.79 Å². The van der Waals surface area contributed by atoms with Crippen LogP contribution >= 0.6 is 0 Å². The molecule has 0 unspecified atom stereocenters. The van der Waals surface area contributed by atoms with Gasteiger partial charge in [-0.15, -0.1) is 0 Å². The lowest BCUT2D eigenvalue weighted by molar-refractivity contribution is -0.0307. The maximum absolute atomic E-state index is 6.41. The van der Waals surface area contributed by atoms with Crippen molar-refractivity contribution in [3.05, 3.63) is 70.8 Å². The lowest BCUT2D eigenvalue weighted by Gasteiger charge is -2.36. The van der Waals surface area contributed by atoms with Crippen LogP contribution in [-0.2, 0) is 0 Å². The highest BCUT2D eigenvalue weighted by Crippen LogP contribution is 2.42. The Balaban J connectivity index is 1.22. The first-order valence-corrected chi connectivity index (χ1v) is 12.3. The van der Waals surface area contributed by atoms with Crippen LogP contribution in [0.1, 0.15) is 98.3 Å². The molecule has 6 rings (SSSR count). The van der Waals surface area contributed by atoms with E-state index in [0.29, 0.717) is 11.8 Å². The molecule has 2 aromatic carbocycles. The number of ether oxygens (including phenoxy) is 2. The Morgan fingerprint density at radius 1 is 0.581 bits per heavy atom. The van der Waals surface area contributed by atoms with E-state index in [-0.39, 0.29) is 0 Å². The van der Waals surface area contributed by atoms with Crippen molar-refractivity contribution < 1.29 is 9.47 Å². The lowest BCUT2D eigenvalue weighted by atomic mass is 9.83. The smallest absolute Gasteiger partial charge is 0.291 e. The third-order valence-corrected chi connectivity index (χ3v) is 7.75. The number of hydrogen-bond acceptors (Lipinski definition) is 2. The van der Waals surface area contributed by atoms with E-state index in [2.05, 4.69) is 60.7 Å². The molecule has 0 radical (unpaired) electrons. The van der Waals surface area contributed by atoms with E-state index in [1.165, 1.54) is 86.5 Å². The average Bonchev–Trinajstić information content (AvgIpc) is 2.84. The zero-order chi connectivity index (χ0) is 20.7. The topological polar surface area (TPSA) is 18.5 Å². The maximum atomic E-state index is 6.41. The molecule has 0 atom stereocenters. The summed E-state index contributed by atoms with van der Waals surface area (Å²) in [7, 11) is 0. The van der Waals surface area contributed by atoms with Gasteiger partial charge in [0.2, 0.25) is 0 Å². The van der Waals surface area contributed by atoms with Crippen molar-refractivity contribution in [1.82, 2.24) is 0 Å². The van der Waals surface area contributed by atoms with Crippen molar-refractivity contribution in [2.24, 2.45) is 0 Å². The molecule has 2 aliphatic heterocycles. The van der Waals surface area contributed by atoms with Crippen molar-refractivity contribution in [1.29, 1.82) is 0 Å². The normalized spacial score (nSPS) is 22.5. The molecule has 2 fully saturated rings. The quantitative estimate of drug-likeness (QED) is 0.497. The predicted molar refractivity (Wildman–Crippen MR) is 127 cm³/mol. The summed E-state index contributed by atoms with van der Waals surface area (Å²) in [6.07, 6.45) is 22.0. The van der Waals surface area contributed by atoms with Gasteiger partial charge in [0.25, 0.3) is 5.79 Å². The highest BCUT2D eigenvalue weighted by molar-refractivity contribution is 5.67. The molecule has 31 heavy (non-hydrogen) atoms. The van der Waals surface area contributed by atoms with Crippen LogP contribution in [0, 0.1) is 0 Å². The minimum absolute atomic E-state index is 0.708. The molecule has 0 saturated heterocycles. The van der Waals surface area contributed by atoms with Gasteiger partial charge in [-0.1, -0.05) is 50.7 Å². The minimum atomic E-state index is -0.835. The third kappa shape index (κ3) is 3.71. The minimum Gasteiger partial charge on any atom is -0.445 e. The molecule has 4 aliphatic rings. The Bertz CT molecular complexity index is 936. The summed E-state index contributed by atoms with van der Waals surface area (Å²) in [5, 5.41) is 0. The second-order valence-corrected chi connectivity index (χ2v) is 9.86. The Morgan fingerprint density at radius 3 is 1.48 bits per heavy atom. The van der Waals surface area contributed by atoms with Gasteiger partial charge in [0.15, 0.2) is 0 Å². The molecule has 2 nitrogen and oxygen atoms in total. The third-order valence-electron chi connectivity index (χ3n) is 7.75. The van der Waals surface area contributed by atoms with E-state index < -0.39 is 5.79 Å². The van der Waals surface area contributed by atoms with Crippen molar-refractivity contribution in [2.75, 3.05) is 0 Å². The summed E-state index contributed by atoms with van der Waals surface area (Å²) in [5.41, 5.74) is 5.26. The summed E-state index contributed by atoms with van der Waals surface area (Å²) in [4.78, 5) is 0. The van der Waals surface area contributed by atoms with Gasteiger partial charge in [-0.2, -0.15) is 0 Å². The molecule has 0 N–H and O–H groups in total. The summed E-state index contributed by atoms with van der Waals surface area (Å²) >= 11 is 0. The van der Waals surface area contributed by atoms with Crippen LogP contribution in [0.25, 0.3) is 12.2 Å². The van der Waals surface area contributed by atoms with Crippen molar-refractivity contribution in [3.8, 4) is 11.5 Å². The number of hydrogen-bond donors (Lipinski definition) is 0. The average molecular weight is 413 g/mol. The zero-order valence-electron chi connectivity index (χ0n) is 18.3. The SMILES string of the molecule is C1=CC2(C=Cc3cc(C4CCCCC4)ccc3O2)Oc2ccc(C3CCCCC3)cc21. The van der Waals surface area contributed by atoms with Crippen LogP contribution in [0.4, 0.5) is 0 Å². The van der Waals surface area contributed by atoms with Crippen molar-refractivity contribution in [2.45, 2.75) is 81.8 Å². The number of benzene rings is 2. The predicted octanol–water partition coefficient (Wildman–Crippen LogP) is 7.99. The highest BCUT2D eigenvalue weighted by atomic mass is 16.7. The molecule has 1 spiro atoms. The summed E-state index contributed by atoms with van der Waals surface area (Å²) < 4.78 is 12.8. The summed E-state index contributed by atoms with van der Waals surface area (Å²) in [6, 6.07) is 13.5. The first kappa shape index (κ1) is 19.2. The van der Waals surface area contributed by atoms with Crippen LogP contribution in [0.3, 0.4) is 0 Å². The molecular weight excluding hydrogens is 380 g/mol. The fraction of sp³-hybridized carbons (Fsp3) is 0.448. The van der Waals surface area contributed by atoms with Gasteiger partial charge in [-0.25, -0.2) is 0 Å². The molecule has 2 aliphatic carbocycles. The van der Waals surface area contributed by atoms with E-state index >= 15 is 0 Å². The van der Waals surface area contributed by atoms with Crippen LogP contribution in [0.15, 0.2) is 48.6 Å². The molecule has 2 aromatic rings. The Hall–Kier alpha value is -2.48. The van der Waals surface area contributed by atoms with Gasteiger partial charge in [0, 0.05) is 23.3 Å². The second-order valence-electron chi connectivity index (χ2n) is 9.86. The monoisotopic (exact) mass is 412 g/mol. The van der Waals surface area contributed by atoms with E-state index in [0.717, 1.165) is 11.5 Å². The van der Waals surface area contributed by atoms with Crippen molar-refractivity contribution >= 4 is 12.2 Å². The number of rotatable bonds is 2. The Labute approximate surface area is 186 Å². The molecular formula is C29H32O2. The maximum Gasteiger partial charge on any atom is 0.291 e. The first-order chi connectivity index (χ1) is 15.3. The van der Waals surface area contributed by atoms with E-state index in [9.17, 15) is 0 Å². The Morgan fingerprint density at radius 2 is 1.03 bits per heavy atom. The largest absolute Gasteiger partial charge is 0.445 e. The van der Waals surface area contributed by atoms with Crippen LogP contribution < -0.4 is 9.47 Å². The standard InChI is InChI=1S/C29H32O2/c1-3-7-21(8-4-1)23-11-13-27-25(19-23)15-17-29(30-27)18-16-26-20-24(12-14-28(26)31-29)22-9-5-2-6-10-22/h11-22H,1-10H2. The molecule has 0 aromatic heterocycles. The van der Waals surface area contributed by atoms with Crippen molar-refractivity contribution in [3.63, 3.8) is 0 Å². The molecule has 2 heteroatoms. The zero-order valence-corrected chi connectivity index (χ0v) is 18.3. The van der Waals surface area contributed by atoms with E-state index in [4.69, 9.17) is 9.47 Å². The van der Waals surface area contributed by atoms with Crippen LogP contribution in [0.2, 0.25) is 0 Å². The number of fused-ring (bicyclic) bond motifs is 2. The van der Waals surface area contributed by atoms with Gasteiger partial charge >= 0.3 is 0 Å². The van der Waals surface area contributed by atoms with Gasteiger partial charge in [0.05, 0.1) is 0 Å². The van der Waals surface area contributed by atoms with Gasteiger partial charge < -0.3 is 9.47 Å². The highest BCUT2D eigenvalue weighted by Gasteiger charge is 2.36. The van der Waals surface area contributed by atoms with Gasteiger partial charge in [0.1, 0.15) is 11.5 Å². The van der Waals surface area contributed by atoms with Crippen LogP contribution in [0.5, 0.6) is 11.5 Å². The molecule has 0 bridgehead atoms. The fourth-order valence-corrected chi connectivity index (χ4v) is 5.93. The van der Waals surface area contributed by atoms with E-state index in [1.807, 2.05) is 0 Å². The first-order valence-electron chi connectivity index (χ1n) is 12.3. The van der Waals surface area contributed by atoms with Gasteiger partial charge in [-0.3, -0.25) is 0 Å². The fourth-order valence-electron chi connectivity index (χ4n) is 5.93. The molecule has 0 amide bonds.